The summed E-state index contributed by atoms with van der Waals surface area (Å²) in [6.07, 6.45) is 6.97. The Balaban J connectivity index is 1.61. The van der Waals surface area contributed by atoms with Crippen LogP contribution in [-0.4, -0.2) is 34.6 Å². The van der Waals surface area contributed by atoms with Crippen LogP contribution < -0.4 is 10.6 Å². The van der Waals surface area contributed by atoms with Gasteiger partial charge >= 0.3 is 0 Å². The lowest BCUT2D eigenvalue weighted by Crippen LogP contribution is -2.29. The zero-order valence-electron chi connectivity index (χ0n) is 9.57. The molecule has 2 N–H and O–H groups in total. The van der Waals surface area contributed by atoms with Crippen LogP contribution >= 0.6 is 0 Å². The number of amides is 1. The standard InChI is InChI=1S/C11H18N4O/c1-15-8-7-13-10(15)11(16)14-6-2-5-12-9-3-4-9/h7-9,12H,2-6H2,1H3,(H,14,16). The van der Waals surface area contributed by atoms with E-state index in [-0.39, 0.29) is 5.91 Å². The molecule has 1 aliphatic rings. The highest BCUT2D eigenvalue weighted by molar-refractivity contribution is 5.90. The third kappa shape index (κ3) is 3.06. The molecule has 0 unspecified atom stereocenters. The molecule has 0 aliphatic heterocycles. The molecule has 2 rings (SSSR count). The Morgan fingerprint density at radius 1 is 1.56 bits per heavy atom. The molecule has 1 aromatic rings. The first-order valence-corrected chi connectivity index (χ1v) is 5.76. The van der Waals surface area contributed by atoms with Gasteiger partial charge in [-0.15, -0.1) is 0 Å². The minimum absolute atomic E-state index is 0.0982. The van der Waals surface area contributed by atoms with Crippen molar-refractivity contribution in [1.29, 1.82) is 0 Å². The molecule has 0 aromatic carbocycles. The van der Waals surface area contributed by atoms with Crippen LogP contribution in [0.15, 0.2) is 12.4 Å². The first kappa shape index (κ1) is 11.1. The highest BCUT2D eigenvalue weighted by atomic mass is 16.2. The second-order valence-corrected chi connectivity index (χ2v) is 4.20. The van der Waals surface area contributed by atoms with E-state index in [1.807, 2.05) is 7.05 Å². The molecule has 5 nitrogen and oxygen atoms in total. The van der Waals surface area contributed by atoms with E-state index in [1.54, 1.807) is 17.0 Å². The second kappa shape index (κ2) is 5.12. The van der Waals surface area contributed by atoms with Crippen molar-refractivity contribution in [3.8, 4) is 0 Å². The Morgan fingerprint density at radius 2 is 2.38 bits per heavy atom. The second-order valence-electron chi connectivity index (χ2n) is 4.20. The maximum Gasteiger partial charge on any atom is 0.287 e. The van der Waals surface area contributed by atoms with Gasteiger partial charge < -0.3 is 15.2 Å². The number of aryl methyl sites for hydroxylation is 1. The summed E-state index contributed by atoms with van der Waals surface area (Å²) in [6.45, 7) is 1.68. The van der Waals surface area contributed by atoms with E-state index in [0.29, 0.717) is 12.4 Å². The van der Waals surface area contributed by atoms with Crippen LogP contribution in [0.5, 0.6) is 0 Å². The first-order valence-electron chi connectivity index (χ1n) is 5.76. The van der Waals surface area contributed by atoms with Gasteiger partial charge in [0.25, 0.3) is 5.91 Å². The zero-order valence-corrected chi connectivity index (χ0v) is 9.57. The molecular formula is C11H18N4O. The van der Waals surface area contributed by atoms with E-state index in [2.05, 4.69) is 15.6 Å². The van der Waals surface area contributed by atoms with Gasteiger partial charge in [0, 0.05) is 32.0 Å². The lowest BCUT2D eigenvalue weighted by Gasteiger charge is -2.05. The molecule has 1 saturated carbocycles. The number of carbonyl (C=O) groups excluding carboxylic acids is 1. The van der Waals surface area contributed by atoms with Crippen molar-refractivity contribution in [2.24, 2.45) is 7.05 Å². The Morgan fingerprint density at radius 3 is 3.00 bits per heavy atom. The summed E-state index contributed by atoms with van der Waals surface area (Å²) < 4.78 is 1.72. The van der Waals surface area contributed by atoms with Crippen molar-refractivity contribution in [3.05, 3.63) is 18.2 Å². The van der Waals surface area contributed by atoms with Crippen LogP contribution in [0.25, 0.3) is 0 Å². The molecule has 0 spiro atoms. The SMILES string of the molecule is Cn1ccnc1C(=O)NCCCNC1CC1. The van der Waals surface area contributed by atoms with Crippen LogP contribution in [0.4, 0.5) is 0 Å². The molecule has 1 amide bonds. The molecule has 16 heavy (non-hydrogen) atoms. The van der Waals surface area contributed by atoms with Crippen LogP contribution in [-0.2, 0) is 7.05 Å². The van der Waals surface area contributed by atoms with E-state index in [1.165, 1.54) is 12.8 Å². The summed E-state index contributed by atoms with van der Waals surface area (Å²) >= 11 is 0. The fourth-order valence-electron chi connectivity index (χ4n) is 1.55. The van der Waals surface area contributed by atoms with Crippen molar-refractivity contribution >= 4 is 5.91 Å². The first-order chi connectivity index (χ1) is 7.77. The highest BCUT2D eigenvalue weighted by Crippen LogP contribution is 2.18. The number of hydrogen-bond acceptors (Lipinski definition) is 3. The van der Waals surface area contributed by atoms with Gasteiger partial charge in [-0.05, 0) is 25.8 Å². The van der Waals surface area contributed by atoms with Gasteiger partial charge in [0.1, 0.15) is 0 Å². The molecule has 0 atom stereocenters. The molecule has 1 fully saturated rings. The average molecular weight is 222 g/mol. The molecule has 0 bridgehead atoms. The van der Waals surface area contributed by atoms with Gasteiger partial charge in [-0.25, -0.2) is 4.98 Å². The van der Waals surface area contributed by atoms with Crippen LogP contribution in [0.3, 0.4) is 0 Å². The minimum atomic E-state index is -0.0982. The minimum Gasteiger partial charge on any atom is -0.349 e. The smallest absolute Gasteiger partial charge is 0.287 e. The maximum absolute atomic E-state index is 11.6. The average Bonchev–Trinajstić information content (AvgIpc) is 2.99. The predicted octanol–water partition coefficient (Wildman–Crippen LogP) is 0.292. The molecule has 1 aromatic heterocycles. The molecule has 1 aliphatic carbocycles. The summed E-state index contributed by atoms with van der Waals surface area (Å²) in [5.74, 6) is 0.370. The number of aromatic nitrogens is 2. The summed E-state index contributed by atoms with van der Waals surface area (Å²) in [5.41, 5.74) is 0. The molecular weight excluding hydrogens is 204 g/mol. The number of imidazole rings is 1. The summed E-state index contributed by atoms with van der Waals surface area (Å²) in [6, 6.07) is 0.741. The van der Waals surface area contributed by atoms with Gasteiger partial charge in [0.2, 0.25) is 0 Å². The molecule has 0 saturated heterocycles. The molecule has 5 heteroatoms. The Bertz CT molecular complexity index is 357. The summed E-state index contributed by atoms with van der Waals surface area (Å²) in [4.78, 5) is 15.6. The van der Waals surface area contributed by atoms with Crippen molar-refractivity contribution in [2.45, 2.75) is 25.3 Å². The largest absolute Gasteiger partial charge is 0.349 e. The van der Waals surface area contributed by atoms with Crippen LogP contribution in [0.2, 0.25) is 0 Å². The molecule has 88 valence electrons. The fourth-order valence-corrected chi connectivity index (χ4v) is 1.55. The topological polar surface area (TPSA) is 59.0 Å². The van der Waals surface area contributed by atoms with Gasteiger partial charge in [-0.2, -0.15) is 0 Å². The van der Waals surface area contributed by atoms with E-state index >= 15 is 0 Å². The van der Waals surface area contributed by atoms with Gasteiger partial charge in [0.15, 0.2) is 5.82 Å². The monoisotopic (exact) mass is 222 g/mol. The fraction of sp³-hybridized carbons (Fsp3) is 0.636. The third-order valence-electron chi connectivity index (χ3n) is 2.67. The lowest BCUT2D eigenvalue weighted by molar-refractivity contribution is 0.0940. The summed E-state index contributed by atoms with van der Waals surface area (Å²) in [5, 5.41) is 6.26. The summed E-state index contributed by atoms with van der Waals surface area (Å²) in [7, 11) is 1.82. The maximum atomic E-state index is 11.6. The van der Waals surface area contributed by atoms with Gasteiger partial charge in [0.05, 0.1) is 0 Å². The quantitative estimate of drug-likeness (QED) is 0.680. The number of nitrogens with zero attached hydrogens (tertiary/aromatic N) is 2. The van der Waals surface area contributed by atoms with E-state index < -0.39 is 0 Å². The highest BCUT2D eigenvalue weighted by Gasteiger charge is 2.19. The molecule has 1 heterocycles. The van der Waals surface area contributed by atoms with Crippen LogP contribution in [0.1, 0.15) is 29.9 Å². The lowest BCUT2D eigenvalue weighted by atomic mass is 10.4. The zero-order chi connectivity index (χ0) is 11.4. The Hall–Kier alpha value is -1.36. The van der Waals surface area contributed by atoms with Gasteiger partial charge in [-0.3, -0.25) is 4.79 Å². The number of rotatable bonds is 6. The van der Waals surface area contributed by atoms with Crippen molar-refractivity contribution in [1.82, 2.24) is 20.2 Å². The predicted molar refractivity (Wildman–Crippen MR) is 61.2 cm³/mol. The number of nitrogens with one attached hydrogen (secondary N) is 2. The van der Waals surface area contributed by atoms with Crippen molar-refractivity contribution in [3.63, 3.8) is 0 Å². The number of carbonyl (C=O) groups is 1. The Kier molecular flexibility index (Phi) is 3.56. The van der Waals surface area contributed by atoms with Crippen LogP contribution in [0, 0.1) is 0 Å². The van der Waals surface area contributed by atoms with Crippen molar-refractivity contribution in [2.75, 3.05) is 13.1 Å². The Labute approximate surface area is 95.2 Å². The number of hydrogen-bond donors (Lipinski definition) is 2. The molecule has 0 radical (unpaired) electrons. The van der Waals surface area contributed by atoms with E-state index in [4.69, 9.17) is 0 Å². The van der Waals surface area contributed by atoms with E-state index in [9.17, 15) is 4.79 Å². The third-order valence-corrected chi connectivity index (χ3v) is 2.67. The van der Waals surface area contributed by atoms with Crippen molar-refractivity contribution < 1.29 is 4.79 Å². The van der Waals surface area contributed by atoms with E-state index in [0.717, 1.165) is 19.0 Å². The van der Waals surface area contributed by atoms with Gasteiger partial charge in [-0.1, -0.05) is 0 Å². The normalized spacial score (nSPS) is 15.1.